The molecule has 0 aliphatic rings. The SMILES string of the molecule is CC(C)OCC(O)CN(C)CC(=O)Nc1cccc(Cl)c1. The number of likely N-dealkylation sites (N-methyl/N-ethyl adjacent to an activating group) is 1. The number of hydrogen-bond donors (Lipinski definition) is 2. The molecule has 5 nitrogen and oxygen atoms in total. The van der Waals surface area contributed by atoms with Gasteiger partial charge in [0.05, 0.1) is 25.4 Å². The van der Waals surface area contributed by atoms with Crippen LogP contribution in [-0.4, -0.2) is 54.9 Å². The predicted octanol–water partition coefficient (Wildman–Crippen LogP) is 2.00. The number of aliphatic hydroxyl groups is 1. The molecule has 118 valence electrons. The van der Waals surface area contributed by atoms with E-state index in [9.17, 15) is 9.90 Å². The lowest BCUT2D eigenvalue weighted by molar-refractivity contribution is -0.117. The highest BCUT2D eigenvalue weighted by molar-refractivity contribution is 6.30. The van der Waals surface area contributed by atoms with Gasteiger partial charge in [-0.2, -0.15) is 0 Å². The van der Waals surface area contributed by atoms with Gasteiger partial charge in [-0.1, -0.05) is 17.7 Å². The molecule has 0 heterocycles. The summed E-state index contributed by atoms with van der Waals surface area (Å²) in [5, 5.41) is 13.1. The smallest absolute Gasteiger partial charge is 0.238 e. The Bertz CT molecular complexity index is 454. The highest BCUT2D eigenvalue weighted by atomic mass is 35.5. The van der Waals surface area contributed by atoms with Crippen molar-refractivity contribution in [1.82, 2.24) is 4.90 Å². The van der Waals surface area contributed by atoms with Gasteiger partial charge in [0.1, 0.15) is 0 Å². The number of aliphatic hydroxyl groups excluding tert-OH is 1. The van der Waals surface area contributed by atoms with Crippen LogP contribution >= 0.6 is 11.6 Å². The minimum absolute atomic E-state index is 0.0797. The number of ether oxygens (including phenoxy) is 1. The fraction of sp³-hybridized carbons (Fsp3) is 0.533. The molecule has 1 atom stereocenters. The van der Waals surface area contributed by atoms with E-state index in [0.717, 1.165) is 0 Å². The summed E-state index contributed by atoms with van der Waals surface area (Å²) >= 11 is 5.85. The predicted molar refractivity (Wildman–Crippen MR) is 84.7 cm³/mol. The van der Waals surface area contributed by atoms with Crippen molar-refractivity contribution < 1.29 is 14.6 Å². The molecule has 1 amide bonds. The summed E-state index contributed by atoms with van der Waals surface area (Å²) in [6.45, 7) is 4.64. The van der Waals surface area contributed by atoms with Gasteiger partial charge >= 0.3 is 0 Å². The van der Waals surface area contributed by atoms with Crippen LogP contribution in [0.25, 0.3) is 0 Å². The Morgan fingerprint density at radius 3 is 2.81 bits per heavy atom. The number of rotatable bonds is 8. The summed E-state index contributed by atoms with van der Waals surface area (Å²) in [5.74, 6) is -0.156. The third kappa shape index (κ3) is 8.02. The van der Waals surface area contributed by atoms with Gasteiger partial charge in [-0.3, -0.25) is 9.69 Å². The Labute approximate surface area is 130 Å². The number of hydrogen-bond acceptors (Lipinski definition) is 4. The second kappa shape index (κ2) is 9.00. The molecule has 21 heavy (non-hydrogen) atoms. The Kier molecular flexibility index (Phi) is 7.67. The topological polar surface area (TPSA) is 61.8 Å². The molecular weight excluding hydrogens is 292 g/mol. The molecule has 1 rings (SSSR count). The van der Waals surface area contributed by atoms with Gasteiger partial charge in [-0.05, 0) is 39.1 Å². The van der Waals surface area contributed by atoms with Crippen molar-refractivity contribution in [3.63, 3.8) is 0 Å². The summed E-state index contributed by atoms with van der Waals surface area (Å²) in [7, 11) is 1.77. The average molecular weight is 315 g/mol. The number of carbonyl (C=O) groups excluding carboxylic acids is 1. The first-order valence-corrected chi connectivity index (χ1v) is 7.28. The fourth-order valence-electron chi connectivity index (χ4n) is 1.79. The Hall–Kier alpha value is -1.14. The van der Waals surface area contributed by atoms with Crippen LogP contribution in [-0.2, 0) is 9.53 Å². The van der Waals surface area contributed by atoms with Crippen LogP contribution in [0.1, 0.15) is 13.8 Å². The van der Waals surface area contributed by atoms with Crippen LogP contribution in [0.5, 0.6) is 0 Å². The molecular formula is C15H23ClN2O3. The zero-order chi connectivity index (χ0) is 15.8. The molecule has 0 bridgehead atoms. The summed E-state index contributed by atoms with van der Waals surface area (Å²) < 4.78 is 5.33. The van der Waals surface area contributed by atoms with E-state index >= 15 is 0 Å². The largest absolute Gasteiger partial charge is 0.389 e. The van der Waals surface area contributed by atoms with Crippen LogP contribution in [0.2, 0.25) is 5.02 Å². The number of halogens is 1. The molecule has 2 N–H and O–H groups in total. The third-order valence-corrected chi connectivity index (χ3v) is 2.90. The lowest BCUT2D eigenvalue weighted by Gasteiger charge is -2.20. The van der Waals surface area contributed by atoms with Gasteiger partial charge < -0.3 is 15.2 Å². The fourth-order valence-corrected chi connectivity index (χ4v) is 1.98. The first-order valence-electron chi connectivity index (χ1n) is 6.90. The molecule has 1 aromatic carbocycles. The van der Waals surface area contributed by atoms with Gasteiger partial charge in [0.25, 0.3) is 0 Å². The van der Waals surface area contributed by atoms with E-state index in [0.29, 0.717) is 17.3 Å². The van der Waals surface area contributed by atoms with Crippen LogP contribution in [0.4, 0.5) is 5.69 Å². The first kappa shape index (κ1) is 17.9. The van der Waals surface area contributed by atoms with E-state index < -0.39 is 6.10 Å². The van der Waals surface area contributed by atoms with Crippen LogP contribution < -0.4 is 5.32 Å². The molecule has 0 aliphatic carbocycles. The molecule has 0 aromatic heterocycles. The zero-order valence-electron chi connectivity index (χ0n) is 12.7. The van der Waals surface area contributed by atoms with Gasteiger partial charge in [0.2, 0.25) is 5.91 Å². The van der Waals surface area contributed by atoms with E-state index in [-0.39, 0.29) is 25.2 Å². The lowest BCUT2D eigenvalue weighted by atomic mass is 10.3. The van der Waals surface area contributed by atoms with Gasteiger partial charge in [0, 0.05) is 17.3 Å². The van der Waals surface area contributed by atoms with Crippen LogP contribution in [0.3, 0.4) is 0 Å². The van der Waals surface area contributed by atoms with Gasteiger partial charge in [0.15, 0.2) is 0 Å². The molecule has 0 aliphatic heterocycles. The van der Waals surface area contributed by atoms with Crippen LogP contribution in [0.15, 0.2) is 24.3 Å². The average Bonchev–Trinajstić information content (AvgIpc) is 2.35. The van der Waals surface area contributed by atoms with Gasteiger partial charge in [-0.15, -0.1) is 0 Å². The maximum absolute atomic E-state index is 11.9. The number of amides is 1. The van der Waals surface area contributed by atoms with Crippen molar-refractivity contribution in [1.29, 1.82) is 0 Å². The summed E-state index contributed by atoms with van der Waals surface area (Å²) in [5.41, 5.74) is 0.657. The van der Waals surface area contributed by atoms with Crippen molar-refractivity contribution in [3.8, 4) is 0 Å². The number of carbonyl (C=O) groups is 1. The molecule has 0 spiro atoms. The first-order chi connectivity index (χ1) is 9.86. The highest BCUT2D eigenvalue weighted by Gasteiger charge is 2.12. The third-order valence-electron chi connectivity index (χ3n) is 2.67. The van der Waals surface area contributed by atoms with Crippen molar-refractivity contribution in [2.45, 2.75) is 26.1 Å². The van der Waals surface area contributed by atoms with Crippen molar-refractivity contribution in [2.24, 2.45) is 0 Å². The van der Waals surface area contributed by atoms with E-state index in [1.54, 1.807) is 36.2 Å². The normalized spacial score (nSPS) is 12.7. The monoisotopic (exact) mass is 314 g/mol. The van der Waals surface area contributed by atoms with E-state index in [4.69, 9.17) is 16.3 Å². The summed E-state index contributed by atoms with van der Waals surface area (Å²) in [4.78, 5) is 13.6. The maximum Gasteiger partial charge on any atom is 0.238 e. The molecule has 0 fully saturated rings. The molecule has 1 unspecified atom stereocenters. The minimum atomic E-state index is -0.614. The number of anilines is 1. The van der Waals surface area contributed by atoms with Crippen LogP contribution in [0, 0.1) is 0 Å². The number of nitrogens with zero attached hydrogens (tertiary/aromatic N) is 1. The highest BCUT2D eigenvalue weighted by Crippen LogP contribution is 2.14. The molecule has 1 aromatic rings. The minimum Gasteiger partial charge on any atom is -0.389 e. The van der Waals surface area contributed by atoms with E-state index in [1.165, 1.54) is 0 Å². The second-order valence-electron chi connectivity index (χ2n) is 5.29. The molecule has 6 heteroatoms. The maximum atomic E-state index is 11.9. The number of nitrogens with one attached hydrogen (secondary N) is 1. The second-order valence-corrected chi connectivity index (χ2v) is 5.73. The molecule has 0 saturated carbocycles. The lowest BCUT2D eigenvalue weighted by Crippen LogP contribution is -2.37. The number of benzene rings is 1. The van der Waals surface area contributed by atoms with Crippen molar-refractivity contribution >= 4 is 23.2 Å². The summed E-state index contributed by atoms with van der Waals surface area (Å²) in [6.07, 6.45) is -0.535. The van der Waals surface area contributed by atoms with E-state index in [2.05, 4.69) is 5.32 Å². The Morgan fingerprint density at radius 1 is 1.48 bits per heavy atom. The van der Waals surface area contributed by atoms with Crippen molar-refractivity contribution in [3.05, 3.63) is 29.3 Å². The standard InChI is InChI=1S/C15H23ClN2O3/c1-11(2)21-10-14(19)8-18(3)9-15(20)17-13-6-4-5-12(16)7-13/h4-7,11,14,19H,8-10H2,1-3H3,(H,17,20). The molecule has 0 saturated heterocycles. The zero-order valence-corrected chi connectivity index (χ0v) is 13.4. The van der Waals surface area contributed by atoms with E-state index in [1.807, 2.05) is 13.8 Å². The Morgan fingerprint density at radius 2 is 2.19 bits per heavy atom. The van der Waals surface area contributed by atoms with Crippen molar-refractivity contribution in [2.75, 3.05) is 32.1 Å². The molecule has 0 radical (unpaired) electrons. The summed E-state index contributed by atoms with van der Waals surface area (Å²) in [6, 6.07) is 6.98. The quantitative estimate of drug-likeness (QED) is 0.770. The van der Waals surface area contributed by atoms with Gasteiger partial charge in [-0.25, -0.2) is 0 Å². The Balaban J connectivity index is 2.33.